The van der Waals surface area contributed by atoms with E-state index in [1.54, 1.807) is 18.9 Å². The zero-order valence-corrected chi connectivity index (χ0v) is 17.8. The van der Waals surface area contributed by atoms with Crippen LogP contribution in [0, 0.1) is 12.8 Å². The van der Waals surface area contributed by atoms with E-state index in [9.17, 15) is 9.59 Å². The number of nitrogens with one attached hydrogen (secondary N) is 2. The van der Waals surface area contributed by atoms with Gasteiger partial charge in [-0.2, -0.15) is 0 Å². The maximum Gasteiger partial charge on any atom is 0.410 e. The maximum absolute atomic E-state index is 12.6. The van der Waals surface area contributed by atoms with Gasteiger partial charge in [-0.1, -0.05) is 23.2 Å². The smallest absolute Gasteiger partial charge is 0.410 e. The summed E-state index contributed by atoms with van der Waals surface area (Å²) < 4.78 is 10.7. The summed E-state index contributed by atoms with van der Waals surface area (Å²) in [6.45, 7) is 8.57. The van der Waals surface area contributed by atoms with Crippen LogP contribution in [0.25, 0.3) is 0 Å². The molecule has 0 spiro atoms. The minimum Gasteiger partial charge on any atom is -0.444 e. The fourth-order valence-corrected chi connectivity index (χ4v) is 3.48. The number of nitrogens with zero attached hydrogens (tertiary/aromatic N) is 1. The predicted octanol–water partition coefficient (Wildman–Crippen LogP) is 3.63. The predicted molar refractivity (Wildman–Crippen MR) is 105 cm³/mol. The quantitative estimate of drug-likeness (QED) is 0.779. The van der Waals surface area contributed by atoms with Gasteiger partial charge in [-0.25, -0.2) is 4.79 Å². The van der Waals surface area contributed by atoms with Gasteiger partial charge in [0.05, 0.1) is 16.7 Å². The van der Waals surface area contributed by atoms with Gasteiger partial charge in [0.2, 0.25) is 0 Å². The summed E-state index contributed by atoms with van der Waals surface area (Å²) >= 11 is 12.2. The molecule has 1 aromatic rings. The molecule has 2 atom stereocenters. The normalized spacial score (nSPS) is 20.5. The zero-order valence-electron chi connectivity index (χ0n) is 16.3. The second-order valence-electron chi connectivity index (χ2n) is 7.76. The van der Waals surface area contributed by atoms with E-state index in [1.807, 2.05) is 20.8 Å². The van der Waals surface area contributed by atoms with E-state index >= 15 is 0 Å². The van der Waals surface area contributed by atoms with Crippen molar-refractivity contribution < 1.29 is 19.1 Å². The first-order valence-electron chi connectivity index (χ1n) is 8.84. The van der Waals surface area contributed by atoms with Crippen LogP contribution in [0.5, 0.6) is 0 Å². The number of likely N-dealkylation sites (tertiary alicyclic amines) is 1. The van der Waals surface area contributed by atoms with Gasteiger partial charge >= 0.3 is 6.09 Å². The monoisotopic (exact) mass is 419 g/mol. The molecule has 1 fully saturated rings. The van der Waals surface area contributed by atoms with Crippen molar-refractivity contribution in [3.05, 3.63) is 21.4 Å². The van der Waals surface area contributed by atoms with Crippen molar-refractivity contribution in [1.82, 2.24) is 15.2 Å². The highest BCUT2D eigenvalue weighted by atomic mass is 35.5. The Bertz CT molecular complexity index is 700. The molecule has 1 saturated heterocycles. The molecule has 1 aliphatic heterocycles. The second kappa shape index (κ2) is 8.71. The number of aromatic amines is 1. The van der Waals surface area contributed by atoms with E-state index in [0.29, 0.717) is 36.8 Å². The first-order valence-corrected chi connectivity index (χ1v) is 9.60. The van der Waals surface area contributed by atoms with Crippen LogP contribution >= 0.6 is 23.2 Å². The molecule has 0 aliphatic carbocycles. The molecule has 0 radical (unpaired) electrons. The first kappa shape index (κ1) is 21.9. The van der Waals surface area contributed by atoms with Gasteiger partial charge in [0.25, 0.3) is 5.91 Å². The molecule has 0 bridgehead atoms. The van der Waals surface area contributed by atoms with Crippen LogP contribution in [0.2, 0.25) is 10.0 Å². The molecule has 9 heteroatoms. The van der Waals surface area contributed by atoms with Crippen LogP contribution in [-0.2, 0) is 9.47 Å². The van der Waals surface area contributed by atoms with Crippen LogP contribution in [0.1, 0.15) is 43.4 Å². The second-order valence-corrected chi connectivity index (χ2v) is 8.52. The number of H-pyrrole nitrogens is 1. The van der Waals surface area contributed by atoms with Gasteiger partial charge in [0, 0.05) is 37.9 Å². The number of amides is 2. The van der Waals surface area contributed by atoms with Crippen molar-refractivity contribution >= 4 is 35.2 Å². The van der Waals surface area contributed by atoms with E-state index in [-0.39, 0.29) is 34.7 Å². The van der Waals surface area contributed by atoms with Crippen LogP contribution in [0.4, 0.5) is 4.79 Å². The lowest BCUT2D eigenvalue weighted by molar-refractivity contribution is 0.00567. The molecule has 2 amide bonds. The number of aryl methyl sites for hydroxylation is 1. The summed E-state index contributed by atoms with van der Waals surface area (Å²) in [5.74, 6) is -0.391. The largest absolute Gasteiger partial charge is 0.444 e. The lowest BCUT2D eigenvalue weighted by Gasteiger charge is -2.39. The van der Waals surface area contributed by atoms with Crippen molar-refractivity contribution in [3.8, 4) is 0 Å². The van der Waals surface area contributed by atoms with Gasteiger partial charge in [-0.15, -0.1) is 0 Å². The van der Waals surface area contributed by atoms with Gasteiger partial charge in [-0.3, -0.25) is 4.79 Å². The Hall–Kier alpha value is -1.44. The number of halogens is 2. The lowest BCUT2D eigenvalue weighted by atomic mass is 9.92. The summed E-state index contributed by atoms with van der Waals surface area (Å²) in [6.07, 6.45) is 0.229. The number of rotatable bonds is 4. The van der Waals surface area contributed by atoms with Crippen LogP contribution < -0.4 is 5.32 Å². The molecule has 152 valence electrons. The van der Waals surface area contributed by atoms with E-state index in [4.69, 9.17) is 32.7 Å². The molecule has 0 saturated carbocycles. The number of methoxy groups -OCH3 is 1. The Morgan fingerprint density at radius 1 is 1.30 bits per heavy atom. The summed E-state index contributed by atoms with van der Waals surface area (Å²) in [5, 5.41) is 3.54. The first-order chi connectivity index (χ1) is 12.5. The Balaban J connectivity index is 2.06. The zero-order chi connectivity index (χ0) is 20.4. The molecule has 1 aromatic heterocycles. The molecule has 2 unspecified atom stereocenters. The average molecular weight is 420 g/mol. The number of piperidine rings is 1. The highest BCUT2D eigenvalue weighted by molar-refractivity contribution is 6.44. The summed E-state index contributed by atoms with van der Waals surface area (Å²) in [7, 11) is 1.59. The number of carbonyl (C=O) groups is 2. The maximum atomic E-state index is 12.6. The van der Waals surface area contributed by atoms with Crippen LogP contribution in [-0.4, -0.2) is 60.3 Å². The summed E-state index contributed by atoms with van der Waals surface area (Å²) in [4.78, 5) is 29.5. The van der Waals surface area contributed by atoms with E-state index in [1.165, 1.54) is 0 Å². The molecular formula is C18H27Cl2N3O4. The molecule has 27 heavy (non-hydrogen) atoms. The molecule has 0 aromatic carbocycles. The van der Waals surface area contributed by atoms with Crippen molar-refractivity contribution in [2.45, 2.75) is 45.8 Å². The Morgan fingerprint density at radius 3 is 2.48 bits per heavy atom. The van der Waals surface area contributed by atoms with Gasteiger partial charge in [0.15, 0.2) is 0 Å². The molecule has 2 rings (SSSR count). The van der Waals surface area contributed by atoms with Crippen molar-refractivity contribution in [1.29, 1.82) is 0 Å². The number of ether oxygens (including phenoxy) is 2. The number of aromatic nitrogens is 1. The molecule has 2 N–H and O–H groups in total. The highest BCUT2D eigenvalue weighted by Crippen LogP contribution is 2.29. The van der Waals surface area contributed by atoms with Gasteiger partial charge in [-0.05, 0) is 34.1 Å². The third-order valence-corrected chi connectivity index (χ3v) is 5.31. The van der Waals surface area contributed by atoms with E-state index < -0.39 is 5.60 Å². The Kier molecular flexibility index (Phi) is 7.05. The third-order valence-electron chi connectivity index (χ3n) is 4.36. The van der Waals surface area contributed by atoms with E-state index in [0.717, 1.165) is 0 Å². The van der Waals surface area contributed by atoms with Gasteiger partial charge in [0.1, 0.15) is 11.3 Å². The summed E-state index contributed by atoms with van der Waals surface area (Å²) in [6, 6.07) is -0.158. The van der Waals surface area contributed by atoms with Crippen molar-refractivity contribution in [2.75, 3.05) is 26.8 Å². The molecule has 7 nitrogen and oxygen atoms in total. The standard InChI is InChI=1S/C18H27Cl2N3O4/c1-10-13(19)14(20)15(21-10)16(24)22-12-6-7-23(8-11(12)9-26-5)17(25)27-18(2,3)4/h11-12,21H,6-9H2,1-5H3,(H,22,24). The average Bonchev–Trinajstić information content (AvgIpc) is 2.82. The van der Waals surface area contributed by atoms with E-state index in [2.05, 4.69) is 10.3 Å². The van der Waals surface area contributed by atoms with Crippen LogP contribution in [0.15, 0.2) is 0 Å². The fraction of sp³-hybridized carbons (Fsp3) is 0.667. The Morgan fingerprint density at radius 2 is 1.96 bits per heavy atom. The van der Waals surface area contributed by atoms with Crippen molar-refractivity contribution in [2.24, 2.45) is 5.92 Å². The Labute approximate surface area is 169 Å². The molecule has 1 aliphatic rings. The molecular weight excluding hydrogens is 393 g/mol. The molecule has 2 heterocycles. The number of hydrogen-bond acceptors (Lipinski definition) is 4. The minimum atomic E-state index is -0.555. The highest BCUT2D eigenvalue weighted by Gasteiger charge is 2.35. The van der Waals surface area contributed by atoms with Crippen molar-refractivity contribution in [3.63, 3.8) is 0 Å². The summed E-state index contributed by atoms with van der Waals surface area (Å²) in [5.41, 5.74) is 0.324. The third kappa shape index (κ3) is 5.53. The minimum absolute atomic E-state index is 0.0643. The lowest BCUT2D eigenvalue weighted by Crippen LogP contribution is -2.54. The number of hydrogen-bond donors (Lipinski definition) is 2. The fourth-order valence-electron chi connectivity index (χ4n) is 3.07. The SMILES string of the molecule is COCC1CN(C(=O)OC(C)(C)C)CCC1NC(=O)c1[nH]c(C)c(Cl)c1Cl. The van der Waals surface area contributed by atoms with Gasteiger partial charge < -0.3 is 24.7 Å². The number of carbonyl (C=O) groups excluding carboxylic acids is 2. The topological polar surface area (TPSA) is 83.7 Å². The van der Waals surface area contributed by atoms with Crippen LogP contribution in [0.3, 0.4) is 0 Å².